The number of rotatable bonds is 3. The van der Waals surface area contributed by atoms with Gasteiger partial charge in [0.1, 0.15) is 6.04 Å². The van der Waals surface area contributed by atoms with Crippen molar-refractivity contribution in [2.24, 2.45) is 0 Å². The molecule has 2 aromatic rings. The van der Waals surface area contributed by atoms with E-state index in [1.807, 2.05) is 41.5 Å². The summed E-state index contributed by atoms with van der Waals surface area (Å²) in [5, 5.41) is 12.3. The largest absolute Gasteiger partial charge is 0.480 e. The van der Waals surface area contributed by atoms with Crippen molar-refractivity contribution in [3.05, 3.63) is 56.2 Å². The molecule has 2 heterocycles. The van der Waals surface area contributed by atoms with Crippen LogP contribution in [-0.4, -0.2) is 22.5 Å². The van der Waals surface area contributed by atoms with Crippen LogP contribution in [0.4, 0.5) is 0 Å². The van der Waals surface area contributed by atoms with Crippen molar-refractivity contribution in [1.29, 1.82) is 0 Å². The fourth-order valence-electron chi connectivity index (χ4n) is 2.88. The van der Waals surface area contributed by atoms with E-state index in [2.05, 4.69) is 0 Å². The number of fused-ring (bicyclic) bond motifs is 1. The summed E-state index contributed by atoms with van der Waals surface area (Å²) in [6.45, 7) is 3.42. The van der Waals surface area contributed by atoms with Crippen molar-refractivity contribution in [3.63, 3.8) is 0 Å². The number of nitrogens with zero attached hydrogens (tertiary/aromatic N) is 1. The van der Waals surface area contributed by atoms with Gasteiger partial charge in [-0.2, -0.15) is 0 Å². The molecule has 0 radical (unpaired) electrons. The molecule has 1 unspecified atom stereocenters. The van der Waals surface area contributed by atoms with Crippen LogP contribution in [0.1, 0.15) is 27.6 Å². The Bertz CT molecular complexity index is 683. The monoisotopic (exact) mass is 321 g/mol. The average molecular weight is 322 g/mol. The third-order valence-electron chi connectivity index (χ3n) is 3.98. The molecule has 1 aliphatic heterocycles. The van der Waals surface area contributed by atoms with Crippen LogP contribution in [0.15, 0.2) is 29.6 Å². The highest BCUT2D eigenvalue weighted by Gasteiger charge is 2.33. The van der Waals surface area contributed by atoms with Gasteiger partial charge in [-0.3, -0.25) is 9.69 Å². The molecule has 1 atom stereocenters. The second-order valence-corrected chi connectivity index (χ2v) is 6.77. The summed E-state index contributed by atoms with van der Waals surface area (Å²) in [4.78, 5) is 14.9. The van der Waals surface area contributed by atoms with Gasteiger partial charge in [0.15, 0.2) is 0 Å². The third kappa shape index (κ3) is 2.84. The standard InChI is InChI=1S/C16H16ClNO2S/c1-10-8-12(17)3-2-11(10)9-18-6-4-14-13(5-7-21-14)15(18)16(19)20/h2-3,5,7-8,15H,4,6,9H2,1H3,(H,19,20). The Morgan fingerprint density at radius 2 is 2.29 bits per heavy atom. The number of aliphatic carboxylic acids is 1. The molecule has 1 aromatic heterocycles. The zero-order valence-electron chi connectivity index (χ0n) is 11.7. The molecule has 1 aromatic carbocycles. The molecule has 110 valence electrons. The van der Waals surface area contributed by atoms with Gasteiger partial charge in [-0.1, -0.05) is 17.7 Å². The van der Waals surface area contributed by atoms with E-state index in [0.717, 1.165) is 29.7 Å². The van der Waals surface area contributed by atoms with Crippen molar-refractivity contribution in [3.8, 4) is 0 Å². The molecule has 0 spiro atoms. The molecule has 3 rings (SSSR count). The Kier molecular flexibility index (Phi) is 4.02. The van der Waals surface area contributed by atoms with Crippen molar-refractivity contribution in [1.82, 2.24) is 4.90 Å². The number of benzene rings is 1. The number of thiophene rings is 1. The summed E-state index contributed by atoms with van der Waals surface area (Å²) in [5.41, 5.74) is 3.18. The number of carbonyl (C=O) groups is 1. The highest BCUT2D eigenvalue weighted by atomic mass is 35.5. The molecule has 21 heavy (non-hydrogen) atoms. The quantitative estimate of drug-likeness (QED) is 0.932. The van der Waals surface area contributed by atoms with E-state index in [-0.39, 0.29) is 0 Å². The summed E-state index contributed by atoms with van der Waals surface area (Å²) >= 11 is 7.64. The first kappa shape index (κ1) is 14.6. The van der Waals surface area contributed by atoms with Crippen molar-refractivity contribution >= 4 is 28.9 Å². The highest BCUT2D eigenvalue weighted by Crippen LogP contribution is 2.34. The van der Waals surface area contributed by atoms with E-state index in [1.54, 1.807) is 11.3 Å². The third-order valence-corrected chi connectivity index (χ3v) is 5.21. The van der Waals surface area contributed by atoms with Gasteiger partial charge in [0, 0.05) is 23.0 Å². The van der Waals surface area contributed by atoms with Crippen molar-refractivity contribution < 1.29 is 9.90 Å². The fourth-order valence-corrected chi connectivity index (χ4v) is 4.01. The van der Waals surface area contributed by atoms with Gasteiger partial charge >= 0.3 is 5.97 Å². The van der Waals surface area contributed by atoms with Gasteiger partial charge in [-0.05, 0) is 53.6 Å². The van der Waals surface area contributed by atoms with E-state index in [0.29, 0.717) is 11.6 Å². The fraction of sp³-hybridized carbons (Fsp3) is 0.312. The summed E-state index contributed by atoms with van der Waals surface area (Å²) in [6, 6.07) is 7.17. The van der Waals surface area contributed by atoms with E-state index in [9.17, 15) is 9.90 Å². The zero-order chi connectivity index (χ0) is 15.0. The van der Waals surface area contributed by atoms with Gasteiger partial charge < -0.3 is 5.11 Å². The molecule has 0 saturated heterocycles. The van der Waals surface area contributed by atoms with Gasteiger partial charge in [0.25, 0.3) is 0 Å². The summed E-state index contributed by atoms with van der Waals surface area (Å²) in [6.07, 6.45) is 0.920. The SMILES string of the molecule is Cc1cc(Cl)ccc1CN1CCc2sccc2C1C(=O)O. The predicted octanol–water partition coefficient (Wildman–Crippen LogP) is 3.89. The van der Waals surface area contributed by atoms with Gasteiger partial charge in [-0.15, -0.1) is 11.3 Å². The van der Waals surface area contributed by atoms with Gasteiger partial charge in [0.05, 0.1) is 0 Å². The van der Waals surface area contributed by atoms with Crippen LogP contribution >= 0.6 is 22.9 Å². The van der Waals surface area contributed by atoms with Crippen LogP contribution in [0.5, 0.6) is 0 Å². The molecule has 3 nitrogen and oxygen atoms in total. The molecule has 0 saturated carbocycles. The summed E-state index contributed by atoms with van der Waals surface area (Å²) in [7, 11) is 0. The zero-order valence-corrected chi connectivity index (χ0v) is 13.2. The normalized spacial score (nSPS) is 18.5. The first-order valence-electron chi connectivity index (χ1n) is 6.84. The van der Waals surface area contributed by atoms with Crippen molar-refractivity contribution in [2.45, 2.75) is 25.9 Å². The van der Waals surface area contributed by atoms with Crippen LogP contribution in [0.3, 0.4) is 0 Å². The summed E-state index contributed by atoms with van der Waals surface area (Å²) < 4.78 is 0. The van der Waals surface area contributed by atoms with E-state index in [1.165, 1.54) is 4.88 Å². The Labute approximate surface area is 132 Å². The smallest absolute Gasteiger partial charge is 0.325 e. The highest BCUT2D eigenvalue weighted by molar-refractivity contribution is 7.10. The molecule has 0 bridgehead atoms. The Balaban J connectivity index is 1.90. The molecule has 0 fully saturated rings. The van der Waals surface area contributed by atoms with Crippen LogP contribution in [0.2, 0.25) is 5.02 Å². The number of hydrogen-bond acceptors (Lipinski definition) is 3. The van der Waals surface area contributed by atoms with Gasteiger partial charge in [-0.25, -0.2) is 0 Å². The van der Waals surface area contributed by atoms with Gasteiger partial charge in [0.2, 0.25) is 0 Å². The maximum Gasteiger partial charge on any atom is 0.325 e. The Morgan fingerprint density at radius 1 is 1.48 bits per heavy atom. The van der Waals surface area contributed by atoms with E-state index >= 15 is 0 Å². The van der Waals surface area contributed by atoms with Crippen molar-refractivity contribution in [2.75, 3.05) is 6.54 Å². The number of aryl methyl sites for hydroxylation is 1. The second kappa shape index (κ2) is 5.79. The molecule has 5 heteroatoms. The maximum atomic E-state index is 11.7. The molecule has 0 amide bonds. The first-order valence-corrected chi connectivity index (χ1v) is 8.10. The lowest BCUT2D eigenvalue weighted by atomic mass is 9.98. The van der Waals surface area contributed by atoms with Crippen LogP contribution < -0.4 is 0 Å². The second-order valence-electron chi connectivity index (χ2n) is 5.33. The molecule has 0 aliphatic carbocycles. The molecule has 1 aliphatic rings. The molecular weight excluding hydrogens is 306 g/mol. The number of carboxylic acids is 1. The molecular formula is C16H16ClNO2S. The van der Waals surface area contributed by atoms with E-state index < -0.39 is 12.0 Å². The minimum Gasteiger partial charge on any atom is -0.480 e. The van der Waals surface area contributed by atoms with E-state index in [4.69, 9.17) is 11.6 Å². The maximum absolute atomic E-state index is 11.7. The first-order chi connectivity index (χ1) is 10.1. The average Bonchev–Trinajstić information content (AvgIpc) is 2.89. The predicted molar refractivity (Wildman–Crippen MR) is 85.0 cm³/mol. The minimum absolute atomic E-state index is 0.546. The van der Waals surface area contributed by atoms with Crippen LogP contribution in [-0.2, 0) is 17.8 Å². The van der Waals surface area contributed by atoms with Crippen LogP contribution in [0.25, 0.3) is 0 Å². The summed E-state index contributed by atoms with van der Waals surface area (Å²) in [5.74, 6) is -0.777. The topological polar surface area (TPSA) is 40.5 Å². The lowest BCUT2D eigenvalue weighted by Gasteiger charge is -2.33. The number of carboxylic acid groups (broad SMARTS) is 1. The molecule has 1 N–H and O–H groups in total. The number of halogens is 1. The lowest BCUT2D eigenvalue weighted by molar-refractivity contribution is -0.144. The minimum atomic E-state index is -0.777. The number of hydrogen-bond donors (Lipinski definition) is 1. The lowest BCUT2D eigenvalue weighted by Crippen LogP contribution is -2.38. The van der Waals surface area contributed by atoms with Crippen LogP contribution in [0, 0.1) is 6.92 Å². The Morgan fingerprint density at radius 3 is 3.00 bits per heavy atom. The Hall–Kier alpha value is -1.36.